The van der Waals surface area contributed by atoms with Gasteiger partial charge in [-0.1, -0.05) is 18.2 Å². The summed E-state index contributed by atoms with van der Waals surface area (Å²) in [6, 6.07) is 4.83. The molecule has 6 unspecified atom stereocenters. The van der Waals surface area contributed by atoms with Gasteiger partial charge in [0.05, 0.1) is 17.7 Å². The second-order valence-electron chi connectivity index (χ2n) is 8.19. The highest BCUT2D eigenvalue weighted by molar-refractivity contribution is 6.17. The molecule has 1 heterocycles. The first-order valence-corrected chi connectivity index (χ1v) is 9.97. The van der Waals surface area contributed by atoms with Gasteiger partial charge in [0.15, 0.2) is 0 Å². The summed E-state index contributed by atoms with van der Waals surface area (Å²) in [6.07, 6.45) is -8.78. The van der Waals surface area contributed by atoms with Crippen molar-refractivity contribution in [3.8, 4) is 11.5 Å². The van der Waals surface area contributed by atoms with Gasteiger partial charge in [0.2, 0.25) is 5.78 Å². The molecule has 2 aliphatic rings. The number of phenols is 2. The predicted octanol–water partition coefficient (Wildman–Crippen LogP) is -1.27. The summed E-state index contributed by atoms with van der Waals surface area (Å²) in [7, 11) is 0. The van der Waals surface area contributed by atoms with Gasteiger partial charge in [-0.2, -0.15) is 0 Å². The summed E-state index contributed by atoms with van der Waals surface area (Å²) in [5, 5.41) is 83.4. The number of aromatic carboxylic acids is 1. The Hall–Kier alpha value is -3.06. The van der Waals surface area contributed by atoms with Crippen LogP contribution in [0.4, 0.5) is 0 Å². The van der Waals surface area contributed by atoms with E-state index >= 15 is 0 Å². The number of carboxylic acids is 1. The van der Waals surface area contributed by atoms with E-state index in [1.54, 1.807) is 0 Å². The summed E-state index contributed by atoms with van der Waals surface area (Å²) >= 11 is 0. The van der Waals surface area contributed by atoms with Crippen molar-refractivity contribution >= 4 is 11.8 Å². The molecule has 33 heavy (non-hydrogen) atoms. The van der Waals surface area contributed by atoms with Gasteiger partial charge < -0.3 is 45.6 Å². The first-order valence-electron chi connectivity index (χ1n) is 9.97. The first kappa shape index (κ1) is 23.1. The second-order valence-corrected chi connectivity index (χ2v) is 8.19. The Bertz CT molecular complexity index is 1160. The van der Waals surface area contributed by atoms with Crippen LogP contribution in [0.2, 0.25) is 0 Å². The predicted molar refractivity (Wildman–Crippen MR) is 108 cm³/mol. The van der Waals surface area contributed by atoms with E-state index in [0.717, 1.165) is 12.1 Å². The zero-order chi connectivity index (χ0) is 24.4. The third-order valence-electron chi connectivity index (χ3n) is 6.33. The molecule has 1 saturated heterocycles. The number of fused-ring (bicyclic) bond motifs is 2. The zero-order valence-corrected chi connectivity index (χ0v) is 17.2. The van der Waals surface area contributed by atoms with E-state index in [-0.39, 0.29) is 16.7 Å². The third-order valence-corrected chi connectivity index (χ3v) is 6.33. The number of carbonyl (C=O) groups is 2. The van der Waals surface area contributed by atoms with Crippen molar-refractivity contribution in [1.82, 2.24) is 0 Å². The number of aromatic hydroxyl groups is 2. The number of benzene rings is 2. The van der Waals surface area contributed by atoms with Gasteiger partial charge in [0.25, 0.3) is 0 Å². The minimum absolute atomic E-state index is 0.0295. The zero-order valence-electron chi connectivity index (χ0n) is 17.2. The molecule has 6 atom stereocenters. The van der Waals surface area contributed by atoms with E-state index in [1.807, 2.05) is 0 Å². The number of aryl methyl sites for hydroxylation is 1. The van der Waals surface area contributed by atoms with Gasteiger partial charge in [0.1, 0.15) is 53.2 Å². The Kier molecular flexibility index (Phi) is 5.44. The number of hydrogen-bond acceptors (Lipinski definition) is 10. The van der Waals surface area contributed by atoms with Crippen LogP contribution < -0.4 is 0 Å². The number of ketones is 1. The molecule has 8 N–H and O–H groups in total. The molecule has 4 rings (SSSR count). The number of phenolic OH excluding ortho intramolecular Hbond substituents is 1. The van der Waals surface area contributed by atoms with Crippen LogP contribution in [0.3, 0.4) is 0 Å². The van der Waals surface area contributed by atoms with E-state index in [2.05, 4.69) is 0 Å². The van der Waals surface area contributed by atoms with Crippen LogP contribution in [0.1, 0.15) is 43.0 Å². The summed E-state index contributed by atoms with van der Waals surface area (Å²) in [6.45, 7) is 0.526. The van der Waals surface area contributed by atoms with Crippen molar-refractivity contribution < 1.29 is 55.2 Å². The normalized spacial score (nSPS) is 31.1. The molecule has 11 heteroatoms. The number of aliphatic hydroxyl groups excluding tert-OH is 4. The van der Waals surface area contributed by atoms with Gasteiger partial charge in [-0.15, -0.1) is 0 Å². The Labute approximate surface area is 186 Å². The fourth-order valence-electron chi connectivity index (χ4n) is 4.72. The smallest absolute Gasteiger partial charge is 0.339 e. The molecule has 0 bridgehead atoms. The number of rotatable bonds is 3. The third kappa shape index (κ3) is 3.05. The maximum absolute atomic E-state index is 13.3. The molecular weight excluding hydrogens is 440 g/mol. The topological polar surface area (TPSA) is 205 Å². The maximum Gasteiger partial charge on any atom is 0.339 e. The molecule has 2 aromatic rings. The Morgan fingerprint density at radius 3 is 2.33 bits per heavy atom. The number of carbonyl (C=O) groups excluding carboxylic acids is 1. The fourth-order valence-corrected chi connectivity index (χ4v) is 4.72. The van der Waals surface area contributed by atoms with Crippen LogP contribution in [-0.4, -0.2) is 89.7 Å². The standard InChI is InChI=1S/C22H22O11/c1-7-5-9-14(16(26)12(7)21(30)31)17(27)13-8(3-2-4-10(13)24)22(9,32)20-19(29)18(28)15(25)11(6-23)33-20/h2-5,11,15,18-20,23-26,28-29,32H,6H2,1H3,(H,30,31). The van der Waals surface area contributed by atoms with Crippen molar-refractivity contribution in [2.75, 3.05) is 6.61 Å². The lowest BCUT2D eigenvalue weighted by molar-refractivity contribution is -0.265. The monoisotopic (exact) mass is 462 g/mol. The molecule has 11 nitrogen and oxygen atoms in total. The minimum atomic E-state index is -2.52. The SMILES string of the molecule is Cc1cc2c(c(O)c1C(=O)O)C(=O)c1c(O)cccc1C2(O)C1OC(CO)C(O)C(O)C1O. The number of aliphatic hydroxyl groups is 5. The van der Waals surface area contributed by atoms with Crippen LogP contribution in [0.25, 0.3) is 0 Å². The second kappa shape index (κ2) is 7.76. The molecule has 1 aliphatic heterocycles. The van der Waals surface area contributed by atoms with Crippen molar-refractivity contribution in [3.63, 3.8) is 0 Å². The van der Waals surface area contributed by atoms with Crippen LogP contribution in [-0.2, 0) is 10.3 Å². The lowest BCUT2D eigenvalue weighted by Gasteiger charge is -2.49. The Balaban J connectivity index is 2.08. The molecular formula is C22H22O11. The van der Waals surface area contributed by atoms with Crippen LogP contribution >= 0.6 is 0 Å². The van der Waals surface area contributed by atoms with Gasteiger partial charge in [-0.25, -0.2) is 4.79 Å². The molecule has 0 saturated carbocycles. The lowest BCUT2D eigenvalue weighted by Crippen LogP contribution is -2.65. The number of hydrogen-bond donors (Lipinski definition) is 8. The average molecular weight is 462 g/mol. The summed E-state index contributed by atoms with van der Waals surface area (Å²) in [5.41, 5.74) is -4.84. The van der Waals surface area contributed by atoms with Crippen molar-refractivity contribution in [1.29, 1.82) is 0 Å². The molecule has 0 radical (unpaired) electrons. The summed E-state index contributed by atoms with van der Waals surface area (Å²) in [5.74, 6) is -4.07. The first-order chi connectivity index (χ1) is 15.5. The van der Waals surface area contributed by atoms with E-state index in [1.165, 1.54) is 19.1 Å². The summed E-state index contributed by atoms with van der Waals surface area (Å²) in [4.78, 5) is 25.0. The number of carboxylic acid groups (broad SMARTS) is 1. The molecule has 1 fully saturated rings. The van der Waals surface area contributed by atoms with Gasteiger partial charge in [-0.3, -0.25) is 4.79 Å². The quantitative estimate of drug-likeness (QED) is 0.270. The van der Waals surface area contributed by atoms with Crippen LogP contribution in [0, 0.1) is 6.92 Å². The van der Waals surface area contributed by atoms with E-state index in [4.69, 9.17) is 4.74 Å². The molecule has 0 spiro atoms. The van der Waals surface area contributed by atoms with Crippen molar-refractivity contribution in [2.24, 2.45) is 0 Å². The molecule has 176 valence electrons. The highest BCUT2D eigenvalue weighted by Crippen LogP contribution is 2.50. The highest BCUT2D eigenvalue weighted by atomic mass is 16.6. The van der Waals surface area contributed by atoms with Crippen molar-refractivity contribution in [2.45, 2.75) is 43.0 Å². The van der Waals surface area contributed by atoms with Crippen molar-refractivity contribution in [3.05, 3.63) is 57.6 Å². The minimum Gasteiger partial charge on any atom is -0.507 e. The van der Waals surface area contributed by atoms with E-state index in [0.29, 0.717) is 0 Å². The molecule has 2 aromatic carbocycles. The van der Waals surface area contributed by atoms with Gasteiger partial charge in [-0.05, 0) is 18.6 Å². The average Bonchev–Trinajstić information content (AvgIpc) is 2.75. The van der Waals surface area contributed by atoms with Crippen LogP contribution in [0.15, 0.2) is 24.3 Å². The Morgan fingerprint density at radius 1 is 1.06 bits per heavy atom. The molecule has 0 aromatic heterocycles. The van der Waals surface area contributed by atoms with Gasteiger partial charge in [0, 0.05) is 11.1 Å². The Morgan fingerprint density at radius 2 is 1.73 bits per heavy atom. The largest absolute Gasteiger partial charge is 0.507 e. The maximum atomic E-state index is 13.3. The summed E-state index contributed by atoms with van der Waals surface area (Å²) < 4.78 is 5.57. The fraction of sp³-hybridized carbons (Fsp3) is 0.364. The molecule has 0 amide bonds. The number of ether oxygens (including phenoxy) is 1. The highest BCUT2D eigenvalue weighted by Gasteiger charge is 2.58. The van der Waals surface area contributed by atoms with Crippen LogP contribution in [0.5, 0.6) is 11.5 Å². The van der Waals surface area contributed by atoms with E-state index < -0.39 is 82.7 Å². The van der Waals surface area contributed by atoms with Gasteiger partial charge >= 0.3 is 5.97 Å². The molecule has 1 aliphatic carbocycles. The lowest BCUT2D eigenvalue weighted by atomic mass is 9.67. The van der Waals surface area contributed by atoms with E-state index in [9.17, 15) is 50.4 Å².